The second-order valence-corrected chi connectivity index (χ2v) is 8.14. The van der Waals surface area contributed by atoms with E-state index in [2.05, 4.69) is 5.32 Å². The summed E-state index contributed by atoms with van der Waals surface area (Å²) in [5.41, 5.74) is -0.117. The third-order valence-electron chi connectivity index (χ3n) is 3.71. The summed E-state index contributed by atoms with van der Waals surface area (Å²) in [6.07, 6.45) is 0.516. The van der Waals surface area contributed by atoms with Crippen molar-refractivity contribution in [2.24, 2.45) is 5.92 Å². The summed E-state index contributed by atoms with van der Waals surface area (Å²) >= 11 is 5.96. The Morgan fingerprint density at radius 2 is 1.92 bits per heavy atom. The molecule has 1 amide bonds. The van der Waals surface area contributed by atoms with E-state index in [0.717, 1.165) is 10.4 Å². The summed E-state index contributed by atoms with van der Waals surface area (Å²) in [6.45, 7) is 3.44. The van der Waals surface area contributed by atoms with Crippen LogP contribution < -0.4 is 10.4 Å². The number of nitrogens with zero attached hydrogens (tertiary/aromatic N) is 1. The zero-order valence-corrected chi connectivity index (χ0v) is 15.4. The van der Waals surface area contributed by atoms with E-state index in [0.29, 0.717) is 6.42 Å². The van der Waals surface area contributed by atoms with Gasteiger partial charge in [0.25, 0.3) is 5.91 Å². The minimum absolute atomic E-state index is 0.0199. The highest BCUT2D eigenvalue weighted by Crippen LogP contribution is 2.22. The Bertz CT molecular complexity index is 733. The van der Waals surface area contributed by atoms with Crippen LogP contribution in [0.3, 0.4) is 0 Å². The van der Waals surface area contributed by atoms with Gasteiger partial charge in [0, 0.05) is 14.1 Å². The second-order valence-electron chi connectivity index (χ2n) is 5.58. The maximum absolute atomic E-state index is 12.4. The average molecular weight is 376 g/mol. The summed E-state index contributed by atoms with van der Waals surface area (Å²) in [5.74, 6) is -2.54. The molecule has 0 fully saturated rings. The van der Waals surface area contributed by atoms with Crippen molar-refractivity contribution in [3.63, 3.8) is 0 Å². The SMILES string of the molecule is CC[C@H](C)[C@@H](NC(=O)c1cc(S(=O)(=O)N(C)C)ccc1Cl)C(=O)[O-]. The summed E-state index contributed by atoms with van der Waals surface area (Å²) < 4.78 is 25.3. The molecule has 0 unspecified atom stereocenters. The van der Waals surface area contributed by atoms with Crippen molar-refractivity contribution in [1.29, 1.82) is 0 Å². The fourth-order valence-corrected chi connectivity index (χ4v) is 3.07. The lowest BCUT2D eigenvalue weighted by atomic mass is 9.99. The predicted molar refractivity (Wildman–Crippen MR) is 88.0 cm³/mol. The number of hydrogen-bond donors (Lipinski definition) is 1. The van der Waals surface area contributed by atoms with E-state index < -0.39 is 27.9 Å². The van der Waals surface area contributed by atoms with Gasteiger partial charge in [-0.3, -0.25) is 4.79 Å². The van der Waals surface area contributed by atoms with Crippen molar-refractivity contribution in [1.82, 2.24) is 9.62 Å². The maximum atomic E-state index is 12.4. The van der Waals surface area contributed by atoms with E-state index in [9.17, 15) is 23.1 Å². The molecule has 0 saturated carbocycles. The molecule has 0 aliphatic carbocycles. The van der Waals surface area contributed by atoms with Crippen LogP contribution in [0.15, 0.2) is 23.1 Å². The normalized spacial score (nSPS) is 14.2. The number of sulfonamides is 1. The van der Waals surface area contributed by atoms with Gasteiger partial charge in [-0.15, -0.1) is 0 Å². The van der Waals surface area contributed by atoms with Crippen LogP contribution in [0.2, 0.25) is 5.02 Å². The summed E-state index contributed by atoms with van der Waals surface area (Å²) in [5, 5.41) is 13.6. The van der Waals surface area contributed by atoms with Crippen LogP contribution >= 0.6 is 11.6 Å². The highest BCUT2D eigenvalue weighted by atomic mass is 35.5. The van der Waals surface area contributed by atoms with E-state index in [1.807, 2.05) is 0 Å². The third-order valence-corrected chi connectivity index (χ3v) is 5.86. The lowest BCUT2D eigenvalue weighted by Gasteiger charge is -2.25. The van der Waals surface area contributed by atoms with E-state index in [-0.39, 0.29) is 21.4 Å². The van der Waals surface area contributed by atoms with Gasteiger partial charge in [0.15, 0.2) is 0 Å². The maximum Gasteiger partial charge on any atom is 0.253 e. The molecule has 0 radical (unpaired) electrons. The van der Waals surface area contributed by atoms with Gasteiger partial charge in [-0.25, -0.2) is 12.7 Å². The quantitative estimate of drug-likeness (QED) is 0.746. The summed E-state index contributed by atoms with van der Waals surface area (Å²) in [4.78, 5) is 23.4. The number of nitrogens with one attached hydrogen (secondary N) is 1. The molecule has 9 heteroatoms. The summed E-state index contributed by atoms with van der Waals surface area (Å²) in [7, 11) is -1.03. The number of carbonyl (C=O) groups excluding carboxylic acids is 2. The molecule has 1 rings (SSSR count). The minimum Gasteiger partial charge on any atom is -0.548 e. The zero-order chi connectivity index (χ0) is 18.7. The molecule has 1 N–H and O–H groups in total. The van der Waals surface area contributed by atoms with Gasteiger partial charge in [0.1, 0.15) is 0 Å². The number of aliphatic carboxylic acids is 1. The van der Waals surface area contributed by atoms with Gasteiger partial charge < -0.3 is 15.2 Å². The van der Waals surface area contributed by atoms with Crippen molar-refractivity contribution in [3.05, 3.63) is 28.8 Å². The molecule has 0 saturated heterocycles. The minimum atomic E-state index is -3.75. The topological polar surface area (TPSA) is 107 Å². The van der Waals surface area contributed by atoms with Crippen molar-refractivity contribution < 1.29 is 23.1 Å². The first-order valence-corrected chi connectivity index (χ1v) is 9.08. The fraction of sp³-hybridized carbons (Fsp3) is 0.467. The van der Waals surface area contributed by atoms with Crippen LogP contribution in [-0.2, 0) is 14.8 Å². The number of hydrogen-bond acceptors (Lipinski definition) is 5. The number of carbonyl (C=O) groups is 2. The van der Waals surface area contributed by atoms with E-state index in [4.69, 9.17) is 11.6 Å². The largest absolute Gasteiger partial charge is 0.548 e. The number of halogens is 1. The third kappa shape index (κ3) is 4.46. The van der Waals surface area contributed by atoms with Gasteiger partial charge in [0.05, 0.1) is 27.5 Å². The number of rotatable bonds is 7. The fourth-order valence-electron chi connectivity index (χ4n) is 1.94. The zero-order valence-electron chi connectivity index (χ0n) is 13.9. The Morgan fingerprint density at radius 3 is 2.38 bits per heavy atom. The van der Waals surface area contributed by atoms with Crippen LogP contribution in [0.4, 0.5) is 0 Å². The smallest absolute Gasteiger partial charge is 0.253 e. The predicted octanol–water partition coefficient (Wildman–Crippen LogP) is 0.485. The van der Waals surface area contributed by atoms with Crippen LogP contribution in [0.1, 0.15) is 30.6 Å². The number of amides is 1. The number of carboxylic acid groups (broad SMARTS) is 1. The number of carboxylic acids is 1. The molecule has 0 bridgehead atoms. The molecule has 1 aromatic rings. The van der Waals surface area contributed by atoms with Crippen LogP contribution in [-0.4, -0.2) is 44.7 Å². The first-order valence-electron chi connectivity index (χ1n) is 7.26. The Hall–Kier alpha value is -1.64. The highest BCUT2D eigenvalue weighted by Gasteiger charge is 2.24. The Morgan fingerprint density at radius 1 is 1.33 bits per heavy atom. The summed E-state index contributed by atoms with van der Waals surface area (Å²) in [6, 6.07) is 2.48. The van der Waals surface area contributed by atoms with Gasteiger partial charge in [-0.1, -0.05) is 31.9 Å². The van der Waals surface area contributed by atoms with Crippen LogP contribution in [0.25, 0.3) is 0 Å². The Labute approximate surface area is 146 Å². The van der Waals surface area contributed by atoms with Crippen molar-refractivity contribution in [2.45, 2.75) is 31.2 Å². The van der Waals surface area contributed by atoms with Crippen LogP contribution in [0.5, 0.6) is 0 Å². The molecule has 0 heterocycles. The standard InChI is InChI=1S/C15H21ClN2O5S/c1-5-9(2)13(15(20)21)17-14(19)11-8-10(6-7-12(11)16)24(22,23)18(3)4/h6-9,13H,5H2,1-4H3,(H,17,19)(H,20,21)/p-1/t9-,13+/m0/s1. The molecule has 2 atom stereocenters. The molecular weight excluding hydrogens is 356 g/mol. The van der Waals surface area contributed by atoms with E-state index in [1.54, 1.807) is 13.8 Å². The molecule has 0 spiro atoms. The lowest BCUT2D eigenvalue weighted by Crippen LogP contribution is -2.51. The molecule has 24 heavy (non-hydrogen) atoms. The Kier molecular flexibility index (Phi) is 6.76. The molecule has 7 nitrogen and oxygen atoms in total. The molecule has 0 aliphatic heterocycles. The van der Waals surface area contributed by atoms with Crippen LogP contribution in [0, 0.1) is 5.92 Å². The van der Waals surface area contributed by atoms with E-state index in [1.165, 1.54) is 26.2 Å². The second kappa shape index (κ2) is 7.96. The monoisotopic (exact) mass is 375 g/mol. The Balaban J connectivity index is 3.22. The highest BCUT2D eigenvalue weighted by molar-refractivity contribution is 7.89. The van der Waals surface area contributed by atoms with E-state index >= 15 is 0 Å². The molecule has 0 aliphatic rings. The average Bonchev–Trinajstić information content (AvgIpc) is 2.51. The molecule has 1 aromatic carbocycles. The molecule has 134 valence electrons. The van der Waals surface area contributed by atoms with Crippen molar-refractivity contribution >= 4 is 33.5 Å². The van der Waals surface area contributed by atoms with Gasteiger partial charge in [0.2, 0.25) is 10.0 Å². The van der Waals surface area contributed by atoms with Gasteiger partial charge in [-0.05, 0) is 24.1 Å². The van der Waals surface area contributed by atoms with Crippen molar-refractivity contribution in [2.75, 3.05) is 14.1 Å². The molecule has 0 aromatic heterocycles. The molecular formula is C15H20ClN2O5S-. The first kappa shape index (κ1) is 20.4. The van der Waals surface area contributed by atoms with Gasteiger partial charge >= 0.3 is 0 Å². The lowest BCUT2D eigenvalue weighted by molar-refractivity contribution is -0.309. The number of benzene rings is 1. The first-order chi connectivity index (χ1) is 11.0. The van der Waals surface area contributed by atoms with Crippen molar-refractivity contribution in [3.8, 4) is 0 Å². The van der Waals surface area contributed by atoms with Gasteiger partial charge in [-0.2, -0.15) is 0 Å².